The van der Waals surface area contributed by atoms with Crippen molar-refractivity contribution < 1.29 is 9.21 Å². The molecule has 1 fully saturated rings. The summed E-state index contributed by atoms with van der Waals surface area (Å²) in [5.41, 5.74) is 1.08. The van der Waals surface area contributed by atoms with Crippen LogP contribution in [0.3, 0.4) is 0 Å². The third kappa shape index (κ3) is 3.71. The molecule has 0 saturated carbocycles. The lowest BCUT2D eigenvalue weighted by molar-refractivity contribution is 0.0923. The van der Waals surface area contributed by atoms with E-state index in [0.717, 1.165) is 38.2 Å². The van der Waals surface area contributed by atoms with Crippen molar-refractivity contribution in [3.05, 3.63) is 54.4 Å². The largest absolute Gasteiger partial charge is 0.468 e. The van der Waals surface area contributed by atoms with Crippen LogP contribution in [0.4, 0.5) is 0 Å². The molecule has 1 unspecified atom stereocenters. The predicted molar refractivity (Wildman–Crippen MR) is 92.0 cm³/mol. The fraction of sp³-hybridized carbons (Fsp3) is 0.389. The number of rotatable bonds is 5. The van der Waals surface area contributed by atoms with Crippen molar-refractivity contribution in [1.82, 2.24) is 24.8 Å². The van der Waals surface area contributed by atoms with Crippen LogP contribution in [-0.2, 0) is 6.54 Å². The van der Waals surface area contributed by atoms with E-state index in [0.29, 0.717) is 23.8 Å². The zero-order valence-electron chi connectivity index (χ0n) is 14.0. The Labute approximate surface area is 145 Å². The third-order valence-corrected chi connectivity index (χ3v) is 4.58. The van der Waals surface area contributed by atoms with Crippen LogP contribution in [-0.4, -0.2) is 45.0 Å². The smallest absolute Gasteiger partial charge is 0.271 e. The van der Waals surface area contributed by atoms with Crippen LogP contribution in [0, 0.1) is 5.92 Å². The number of likely N-dealkylation sites (tertiary alicyclic amines) is 1. The first-order valence-corrected chi connectivity index (χ1v) is 8.61. The molecule has 25 heavy (non-hydrogen) atoms. The minimum atomic E-state index is -0.145. The number of aromatic nitrogens is 3. The van der Waals surface area contributed by atoms with Gasteiger partial charge in [-0.3, -0.25) is 9.69 Å². The molecule has 1 aliphatic heterocycles. The van der Waals surface area contributed by atoms with Crippen molar-refractivity contribution in [2.24, 2.45) is 5.92 Å². The van der Waals surface area contributed by atoms with Gasteiger partial charge in [0.2, 0.25) is 0 Å². The minimum Gasteiger partial charge on any atom is -0.468 e. The Morgan fingerprint density at radius 1 is 1.40 bits per heavy atom. The van der Waals surface area contributed by atoms with Gasteiger partial charge >= 0.3 is 0 Å². The van der Waals surface area contributed by atoms with Crippen LogP contribution in [0.25, 0.3) is 5.65 Å². The first kappa shape index (κ1) is 15.8. The summed E-state index contributed by atoms with van der Waals surface area (Å²) < 4.78 is 7.04. The van der Waals surface area contributed by atoms with Crippen molar-refractivity contribution in [2.45, 2.75) is 19.4 Å². The van der Waals surface area contributed by atoms with Gasteiger partial charge in [0.15, 0.2) is 11.3 Å². The third-order valence-electron chi connectivity index (χ3n) is 4.58. The molecule has 1 saturated heterocycles. The molecular weight excluding hydrogens is 318 g/mol. The van der Waals surface area contributed by atoms with Gasteiger partial charge in [-0.25, -0.2) is 9.50 Å². The van der Waals surface area contributed by atoms with Gasteiger partial charge in [-0.15, -0.1) is 0 Å². The molecule has 4 rings (SSSR count). The van der Waals surface area contributed by atoms with Gasteiger partial charge in [0, 0.05) is 31.5 Å². The number of furan rings is 1. The molecule has 7 nitrogen and oxygen atoms in total. The van der Waals surface area contributed by atoms with E-state index in [9.17, 15) is 4.79 Å². The number of piperidine rings is 1. The van der Waals surface area contributed by atoms with E-state index in [1.807, 2.05) is 12.1 Å². The molecule has 4 heterocycles. The normalized spacial score (nSPS) is 18.5. The standard InChI is InChI=1S/C18H21N5O2/c24-18(16-10-17-19-6-3-8-23(17)21-16)20-11-14-4-1-7-22(12-14)13-15-5-2-9-25-15/h2-3,5-6,8-10,14H,1,4,7,11-13H2,(H,20,24). The molecule has 3 aromatic rings. The summed E-state index contributed by atoms with van der Waals surface area (Å²) in [5.74, 6) is 1.29. The van der Waals surface area contributed by atoms with Crippen molar-refractivity contribution in [3.63, 3.8) is 0 Å². The van der Waals surface area contributed by atoms with E-state index < -0.39 is 0 Å². The topological polar surface area (TPSA) is 75.7 Å². The second-order valence-corrected chi connectivity index (χ2v) is 6.48. The minimum absolute atomic E-state index is 0.145. The molecule has 0 aromatic carbocycles. The van der Waals surface area contributed by atoms with E-state index in [1.165, 1.54) is 0 Å². The highest BCUT2D eigenvalue weighted by Crippen LogP contribution is 2.18. The van der Waals surface area contributed by atoms with Gasteiger partial charge in [-0.1, -0.05) is 0 Å². The fourth-order valence-electron chi connectivity index (χ4n) is 3.35. The van der Waals surface area contributed by atoms with Crippen molar-refractivity contribution >= 4 is 11.6 Å². The molecule has 0 bridgehead atoms. The first-order chi connectivity index (χ1) is 12.3. The molecule has 0 aliphatic carbocycles. The summed E-state index contributed by atoms with van der Waals surface area (Å²) in [5, 5.41) is 7.28. The summed E-state index contributed by atoms with van der Waals surface area (Å²) in [7, 11) is 0. The highest BCUT2D eigenvalue weighted by Gasteiger charge is 2.21. The monoisotopic (exact) mass is 339 g/mol. The predicted octanol–water partition coefficient (Wildman–Crippen LogP) is 1.96. The Bertz CT molecular complexity index is 809. The zero-order valence-corrected chi connectivity index (χ0v) is 14.0. The SMILES string of the molecule is O=C(NCC1CCCN(Cc2ccco2)C1)c1cc2ncccn2n1. The summed E-state index contributed by atoms with van der Waals surface area (Å²) in [6, 6.07) is 7.42. The number of nitrogens with zero attached hydrogens (tertiary/aromatic N) is 4. The first-order valence-electron chi connectivity index (χ1n) is 8.61. The van der Waals surface area contributed by atoms with Crippen LogP contribution in [0.1, 0.15) is 29.1 Å². The van der Waals surface area contributed by atoms with Crippen molar-refractivity contribution in [2.75, 3.05) is 19.6 Å². The maximum Gasteiger partial charge on any atom is 0.271 e. The molecule has 0 spiro atoms. The highest BCUT2D eigenvalue weighted by atomic mass is 16.3. The molecule has 130 valence electrons. The van der Waals surface area contributed by atoms with E-state index in [4.69, 9.17) is 4.42 Å². The average molecular weight is 339 g/mol. The van der Waals surface area contributed by atoms with Gasteiger partial charge in [-0.05, 0) is 43.5 Å². The van der Waals surface area contributed by atoms with Gasteiger partial charge in [0.05, 0.1) is 12.8 Å². The number of amides is 1. The number of nitrogens with one attached hydrogen (secondary N) is 1. The Hall–Kier alpha value is -2.67. The maximum atomic E-state index is 12.4. The lowest BCUT2D eigenvalue weighted by atomic mass is 9.98. The van der Waals surface area contributed by atoms with Crippen molar-refractivity contribution in [1.29, 1.82) is 0 Å². The summed E-state index contributed by atoms with van der Waals surface area (Å²) >= 11 is 0. The van der Waals surface area contributed by atoms with E-state index in [1.54, 1.807) is 35.3 Å². The molecule has 7 heteroatoms. The Balaban J connectivity index is 1.31. The van der Waals surface area contributed by atoms with Crippen molar-refractivity contribution in [3.8, 4) is 0 Å². The van der Waals surface area contributed by atoms with E-state index in [2.05, 4.69) is 20.3 Å². The van der Waals surface area contributed by atoms with Crippen LogP contribution in [0.2, 0.25) is 0 Å². The number of carbonyl (C=O) groups excluding carboxylic acids is 1. The molecule has 1 N–H and O–H groups in total. The van der Waals surface area contributed by atoms with Gasteiger partial charge in [0.25, 0.3) is 5.91 Å². The van der Waals surface area contributed by atoms with Crippen LogP contribution < -0.4 is 5.32 Å². The second kappa shape index (κ2) is 7.06. The quantitative estimate of drug-likeness (QED) is 0.769. The molecule has 1 atom stereocenters. The molecule has 0 radical (unpaired) electrons. The summed E-state index contributed by atoms with van der Waals surface area (Å²) in [6.07, 6.45) is 7.45. The Kier molecular flexibility index (Phi) is 4.47. The highest BCUT2D eigenvalue weighted by molar-refractivity contribution is 5.93. The summed E-state index contributed by atoms with van der Waals surface area (Å²) in [4.78, 5) is 18.9. The number of hydrogen-bond donors (Lipinski definition) is 1. The Morgan fingerprint density at radius 3 is 3.20 bits per heavy atom. The number of carbonyl (C=O) groups is 1. The van der Waals surface area contributed by atoms with Crippen LogP contribution in [0.15, 0.2) is 47.3 Å². The fourth-order valence-corrected chi connectivity index (χ4v) is 3.35. The molecule has 3 aromatic heterocycles. The Morgan fingerprint density at radius 2 is 2.36 bits per heavy atom. The summed E-state index contributed by atoms with van der Waals surface area (Å²) in [6.45, 7) is 3.53. The van der Waals surface area contributed by atoms with Gasteiger partial charge in [-0.2, -0.15) is 5.10 Å². The average Bonchev–Trinajstić information content (AvgIpc) is 3.29. The van der Waals surface area contributed by atoms with E-state index in [-0.39, 0.29) is 5.91 Å². The van der Waals surface area contributed by atoms with Gasteiger partial charge < -0.3 is 9.73 Å². The zero-order chi connectivity index (χ0) is 17.1. The lowest BCUT2D eigenvalue weighted by Gasteiger charge is -2.32. The molecular formula is C18H21N5O2. The maximum absolute atomic E-state index is 12.4. The van der Waals surface area contributed by atoms with Crippen LogP contribution in [0.5, 0.6) is 0 Å². The van der Waals surface area contributed by atoms with Gasteiger partial charge in [0.1, 0.15) is 5.76 Å². The molecule has 1 amide bonds. The van der Waals surface area contributed by atoms with E-state index >= 15 is 0 Å². The lowest BCUT2D eigenvalue weighted by Crippen LogP contribution is -2.40. The number of fused-ring (bicyclic) bond motifs is 1. The number of hydrogen-bond acceptors (Lipinski definition) is 5. The second-order valence-electron chi connectivity index (χ2n) is 6.48. The molecule has 1 aliphatic rings. The van der Waals surface area contributed by atoms with Crippen LogP contribution >= 0.6 is 0 Å².